The van der Waals surface area contributed by atoms with E-state index >= 15 is 0 Å². The van der Waals surface area contributed by atoms with Crippen molar-refractivity contribution < 1.29 is 13.9 Å². The van der Waals surface area contributed by atoms with E-state index in [1.54, 1.807) is 17.2 Å². The number of carbonyl (C=O) groups is 1. The molecule has 2 amide bonds. The van der Waals surface area contributed by atoms with Gasteiger partial charge in [0.1, 0.15) is 5.82 Å². The normalized spacial score (nSPS) is 16.9. The number of ether oxygens (including phenoxy) is 1. The van der Waals surface area contributed by atoms with Crippen LogP contribution in [0, 0.1) is 11.7 Å². The summed E-state index contributed by atoms with van der Waals surface area (Å²) in [5.41, 5.74) is 1.07. The Kier molecular flexibility index (Phi) is 6.25. The lowest BCUT2D eigenvalue weighted by Gasteiger charge is -2.32. The van der Waals surface area contributed by atoms with E-state index in [9.17, 15) is 14.0 Å². The number of anilines is 1. The van der Waals surface area contributed by atoms with E-state index in [2.05, 4.69) is 10.3 Å². The van der Waals surface area contributed by atoms with Gasteiger partial charge < -0.3 is 19.9 Å². The molecule has 2 aromatic carbocycles. The highest BCUT2D eigenvalue weighted by Crippen LogP contribution is 2.29. The third kappa shape index (κ3) is 4.57. The lowest BCUT2D eigenvalue weighted by Crippen LogP contribution is -2.40. The van der Waals surface area contributed by atoms with Crippen LogP contribution in [-0.4, -0.2) is 35.7 Å². The molecule has 2 heterocycles. The van der Waals surface area contributed by atoms with Crippen molar-refractivity contribution in [1.29, 1.82) is 0 Å². The maximum Gasteiger partial charge on any atom is 0.322 e. The Bertz CT molecular complexity index is 1160. The average Bonchev–Trinajstić information content (AvgIpc) is 3.28. The Balaban J connectivity index is 1.67. The van der Waals surface area contributed by atoms with Crippen molar-refractivity contribution in [2.24, 2.45) is 5.92 Å². The van der Waals surface area contributed by atoms with E-state index < -0.39 is 5.82 Å². The number of pyridine rings is 1. The predicted octanol–water partition coefficient (Wildman–Crippen LogP) is 4.95. The van der Waals surface area contributed by atoms with Crippen LogP contribution in [0.5, 0.6) is 0 Å². The van der Waals surface area contributed by atoms with Gasteiger partial charge in [0, 0.05) is 36.3 Å². The number of carbonyl (C=O) groups excluding carboxylic acids is 1. The number of urea groups is 1. The number of H-pyrrole nitrogens is 1. The minimum atomic E-state index is -0.548. The zero-order valence-electron chi connectivity index (χ0n) is 17.0. The molecular weight excluding hydrogens is 421 g/mol. The molecule has 162 valence electrons. The van der Waals surface area contributed by atoms with E-state index in [0.717, 1.165) is 17.4 Å². The number of benzene rings is 2. The van der Waals surface area contributed by atoms with Gasteiger partial charge in [-0.25, -0.2) is 9.18 Å². The van der Waals surface area contributed by atoms with Gasteiger partial charge in [-0.3, -0.25) is 4.79 Å². The van der Waals surface area contributed by atoms with Crippen LogP contribution in [0.25, 0.3) is 10.8 Å². The molecule has 1 aliphatic rings. The Morgan fingerprint density at radius 3 is 2.81 bits per heavy atom. The number of nitrogens with one attached hydrogen (secondary N) is 2. The molecule has 0 spiro atoms. The molecule has 1 aromatic heterocycles. The number of halogens is 2. The van der Waals surface area contributed by atoms with E-state index in [4.69, 9.17) is 16.3 Å². The summed E-state index contributed by atoms with van der Waals surface area (Å²) in [6.45, 7) is 3.66. The molecule has 31 heavy (non-hydrogen) atoms. The summed E-state index contributed by atoms with van der Waals surface area (Å²) in [6, 6.07) is 10.7. The van der Waals surface area contributed by atoms with Gasteiger partial charge >= 0.3 is 6.03 Å². The lowest BCUT2D eigenvalue weighted by atomic mass is 10.00. The van der Waals surface area contributed by atoms with E-state index in [-0.39, 0.29) is 28.6 Å². The van der Waals surface area contributed by atoms with E-state index in [1.165, 1.54) is 18.2 Å². The van der Waals surface area contributed by atoms with Crippen molar-refractivity contribution in [3.05, 3.63) is 75.4 Å². The Hall–Kier alpha value is -2.90. The molecule has 1 fully saturated rings. The second kappa shape index (κ2) is 9.08. The zero-order valence-corrected chi connectivity index (χ0v) is 17.8. The molecule has 0 bridgehead atoms. The van der Waals surface area contributed by atoms with Crippen molar-refractivity contribution in [2.75, 3.05) is 25.1 Å². The first-order valence-electron chi connectivity index (χ1n) is 10.1. The van der Waals surface area contributed by atoms with Crippen LogP contribution >= 0.6 is 11.6 Å². The van der Waals surface area contributed by atoms with Crippen LogP contribution in [-0.2, 0) is 4.74 Å². The summed E-state index contributed by atoms with van der Waals surface area (Å²) in [5, 5.41) is 4.12. The highest BCUT2D eigenvalue weighted by atomic mass is 35.5. The van der Waals surface area contributed by atoms with Crippen LogP contribution in [0.4, 0.5) is 14.9 Å². The molecule has 0 saturated carbocycles. The lowest BCUT2D eigenvalue weighted by molar-refractivity contribution is 0.157. The van der Waals surface area contributed by atoms with Gasteiger partial charge in [0.05, 0.1) is 17.7 Å². The van der Waals surface area contributed by atoms with Gasteiger partial charge in [0.15, 0.2) is 0 Å². The van der Waals surface area contributed by atoms with E-state index in [1.807, 2.05) is 25.1 Å². The van der Waals surface area contributed by atoms with Crippen LogP contribution in [0.15, 0.2) is 53.5 Å². The molecule has 1 unspecified atom stereocenters. The van der Waals surface area contributed by atoms with Gasteiger partial charge in [-0.05, 0) is 48.6 Å². The first-order valence-corrected chi connectivity index (χ1v) is 10.5. The summed E-state index contributed by atoms with van der Waals surface area (Å²) in [5.74, 6) is -0.341. The van der Waals surface area contributed by atoms with Crippen LogP contribution in [0.1, 0.15) is 24.9 Å². The summed E-state index contributed by atoms with van der Waals surface area (Å²) in [7, 11) is 0. The summed E-state index contributed by atoms with van der Waals surface area (Å²) in [6.07, 6.45) is 2.53. The maximum absolute atomic E-state index is 13.5. The van der Waals surface area contributed by atoms with Gasteiger partial charge in [-0.2, -0.15) is 0 Å². The third-order valence-corrected chi connectivity index (χ3v) is 5.96. The van der Waals surface area contributed by atoms with Crippen molar-refractivity contribution >= 4 is 34.1 Å². The standard InChI is InChI=1S/C23H23ClFN3O3/c1-14(19-11-26-22(29)18-5-3-2-4-17(18)19)28(12-15-8-9-31-13-15)23(30)27-16-6-7-21(25)20(24)10-16/h2-7,10-11,14-15H,8-9,12-13H2,1H3,(H,26,29)(H,27,30)/t14?,15-/m0/s1. The molecule has 2 N–H and O–H groups in total. The largest absolute Gasteiger partial charge is 0.381 e. The SMILES string of the molecule is CC(c1c[nH]c(=O)c2ccccc12)N(C[C@@H]1CCOC1)C(=O)Nc1ccc(F)c(Cl)c1. The number of aromatic nitrogens is 1. The van der Waals surface area contributed by atoms with Gasteiger partial charge in [0.25, 0.3) is 5.56 Å². The summed E-state index contributed by atoms with van der Waals surface area (Å²) in [4.78, 5) is 30.0. The van der Waals surface area contributed by atoms with Crippen molar-refractivity contribution in [2.45, 2.75) is 19.4 Å². The first kappa shape index (κ1) is 21.3. The molecule has 6 nitrogen and oxygen atoms in total. The number of amides is 2. The van der Waals surface area contributed by atoms with Gasteiger partial charge in [-0.15, -0.1) is 0 Å². The fourth-order valence-corrected chi connectivity index (χ4v) is 4.12. The maximum atomic E-state index is 13.5. The molecule has 0 aliphatic carbocycles. The molecule has 0 radical (unpaired) electrons. The topological polar surface area (TPSA) is 74.4 Å². The number of rotatable bonds is 5. The Morgan fingerprint density at radius 2 is 2.10 bits per heavy atom. The Morgan fingerprint density at radius 1 is 1.32 bits per heavy atom. The van der Waals surface area contributed by atoms with Crippen LogP contribution < -0.4 is 10.9 Å². The fourth-order valence-electron chi connectivity index (χ4n) is 3.94. The minimum absolute atomic E-state index is 0.0618. The molecule has 1 aliphatic heterocycles. The second-order valence-corrected chi connectivity index (χ2v) is 8.14. The fraction of sp³-hybridized carbons (Fsp3) is 0.304. The number of hydrogen-bond donors (Lipinski definition) is 2. The van der Waals surface area contributed by atoms with E-state index in [0.29, 0.717) is 30.8 Å². The first-order chi connectivity index (χ1) is 14.9. The molecule has 3 aromatic rings. The zero-order chi connectivity index (χ0) is 22.0. The van der Waals surface area contributed by atoms with Crippen LogP contribution in [0.3, 0.4) is 0 Å². The van der Waals surface area contributed by atoms with Crippen LogP contribution in [0.2, 0.25) is 5.02 Å². The van der Waals surface area contributed by atoms with Crippen molar-refractivity contribution in [1.82, 2.24) is 9.88 Å². The highest BCUT2D eigenvalue weighted by molar-refractivity contribution is 6.31. The van der Waals surface area contributed by atoms with Crippen molar-refractivity contribution in [3.63, 3.8) is 0 Å². The summed E-state index contributed by atoms with van der Waals surface area (Å²) >= 11 is 5.86. The van der Waals surface area contributed by atoms with Gasteiger partial charge in [-0.1, -0.05) is 29.8 Å². The number of fused-ring (bicyclic) bond motifs is 1. The van der Waals surface area contributed by atoms with Gasteiger partial charge in [0.2, 0.25) is 0 Å². The quantitative estimate of drug-likeness (QED) is 0.585. The Labute approximate surface area is 184 Å². The number of hydrogen-bond acceptors (Lipinski definition) is 3. The molecule has 2 atom stereocenters. The minimum Gasteiger partial charge on any atom is -0.381 e. The monoisotopic (exact) mass is 443 g/mol. The molecule has 1 saturated heterocycles. The average molecular weight is 444 g/mol. The predicted molar refractivity (Wildman–Crippen MR) is 119 cm³/mol. The highest BCUT2D eigenvalue weighted by Gasteiger charge is 2.28. The molecule has 4 rings (SSSR count). The number of aromatic amines is 1. The third-order valence-electron chi connectivity index (χ3n) is 5.67. The second-order valence-electron chi connectivity index (χ2n) is 7.74. The molecular formula is C23H23ClFN3O3. The van der Waals surface area contributed by atoms with Crippen molar-refractivity contribution in [3.8, 4) is 0 Å². The number of nitrogens with zero attached hydrogens (tertiary/aromatic N) is 1. The molecule has 8 heteroatoms. The summed E-state index contributed by atoms with van der Waals surface area (Å²) < 4.78 is 19.0. The smallest absolute Gasteiger partial charge is 0.322 e.